The number of anilines is 1. The highest BCUT2D eigenvalue weighted by Crippen LogP contribution is 2.20. The van der Waals surface area contributed by atoms with Gasteiger partial charge in [-0.15, -0.1) is 0 Å². The molecule has 3 amide bonds. The lowest BCUT2D eigenvalue weighted by Crippen LogP contribution is -2.38. The number of carbonyl (C=O) groups is 3. The molecule has 0 aliphatic heterocycles. The first-order chi connectivity index (χ1) is 9.20. The first-order valence-electron chi connectivity index (χ1n) is 5.80. The van der Waals surface area contributed by atoms with Crippen molar-refractivity contribution in [2.45, 2.75) is 20.3 Å². The predicted octanol–water partition coefficient (Wildman–Crippen LogP) is 2.60. The zero-order valence-corrected chi connectivity index (χ0v) is 12.7. The molecule has 0 heterocycles. The van der Waals surface area contributed by atoms with E-state index in [2.05, 4.69) is 26.6 Å². The van der Waals surface area contributed by atoms with E-state index in [9.17, 15) is 14.4 Å². The van der Waals surface area contributed by atoms with E-state index < -0.39 is 23.3 Å². The molecule has 0 aromatic heterocycles. The van der Waals surface area contributed by atoms with E-state index in [4.69, 9.17) is 5.11 Å². The van der Waals surface area contributed by atoms with Crippen LogP contribution in [0.3, 0.4) is 0 Å². The monoisotopic (exact) mass is 342 g/mol. The maximum atomic E-state index is 11.6. The molecule has 0 spiro atoms. The van der Waals surface area contributed by atoms with Gasteiger partial charge in [-0.25, -0.2) is 4.79 Å². The maximum Gasteiger partial charge on any atom is 0.325 e. The molecular weight excluding hydrogens is 328 g/mol. The third-order valence-corrected chi connectivity index (χ3v) is 3.01. The summed E-state index contributed by atoms with van der Waals surface area (Å²) in [7, 11) is 0. The number of nitrogens with one attached hydrogen (secondary N) is 2. The summed E-state index contributed by atoms with van der Waals surface area (Å²) in [4.78, 5) is 34.1. The summed E-state index contributed by atoms with van der Waals surface area (Å²) in [5.41, 5.74) is -0.706. The minimum absolute atomic E-state index is 0.283. The number of amides is 3. The Hall–Kier alpha value is -1.89. The van der Waals surface area contributed by atoms with Crippen LogP contribution < -0.4 is 10.6 Å². The normalized spacial score (nSPS) is 10.8. The number of urea groups is 1. The molecule has 6 nitrogen and oxygen atoms in total. The van der Waals surface area contributed by atoms with E-state index in [0.29, 0.717) is 5.69 Å². The largest absolute Gasteiger partial charge is 0.481 e. The quantitative estimate of drug-likeness (QED) is 0.783. The maximum absolute atomic E-state index is 11.6. The number of imide groups is 1. The van der Waals surface area contributed by atoms with Crippen LogP contribution >= 0.6 is 15.9 Å². The van der Waals surface area contributed by atoms with Crippen LogP contribution in [0.4, 0.5) is 10.5 Å². The van der Waals surface area contributed by atoms with Gasteiger partial charge in [-0.1, -0.05) is 22.0 Å². The van der Waals surface area contributed by atoms with Crippen molar-refractivity contribution in [3.63, 3.8) is 0 Å². The molecule has 0 saturated carbocycles. The summed E-state index contributed by atoms with van der Waals surface area (Å²) in [5.74, 6) is -1.75. The molecule has 0 bridgehead atoms. The Morgan fingerprint density at radius 3 is 2.50 bits per heavy atom. The van der Waals surface area contributed by atoms with Crippen molar-refractivity contribution < 1.29 is 19.5 Å². The Balaban J connectivity index is 2.55. The lowest BCUT2D eigenvalue weighted by atomic mass is 9.89. The minimum Gasteiger partial charge on any atom is -0.481 e. The number of rotatable bonds is 4. The third-order valence-electron chi connectivity index (χ3n) is 2.52. The molecule has 1 aromatic carbocycles. The predicted molar refractivity (Wildman–Crippen MR) is 77.3 cm³/mol. The number of aliphatic carboxylic acids is 1. The van der Waals surface area contributed by atoms with Crippen molar-refractivity contribution in [3.05, 3.63) is 28.7 Å². The number of carbonyl (C=O) groups excluding carboxylic acids is 2. The van der Waals surface area contributed by atoms with Gasteiger partial charge in [-0.3, -0.25) is 14.9 Å². The first-order valence-corrected chi connectivity index (χ1v) is 6.60. The van der Waals surface area contributed by atoms with Crippen LogP contribution in [0.1, 0.15) is 20.3 Å². The van der Waals surface area contributed by atoms with Crippen LogP contribution in [0.2, 0.25) is 0 Å². The number of hydrogen-bond donors (Lipinski definition) is 3. The molecule has 0 aliphatic rings. The molecular formula is C13H15BrN2O4. The topological polar surface area (TPSA) is 95.5 Å². The molecule has 1 aromatic rings. The third kappa shape index (κ3) is 5.00. The second kappa shape index (κ2) is 6.51. The van der Waals surface area contributed by atoms with Crippen LogP contribution in [0.5, 0.6) is 0 Å². The summed E-state index contributed by atoms with van der Waals surface area (Å²) >= 11 is 3.25. The fourth-order valence-corrected chi connectivity index (χ4v) is 1.78. The van der Waals surface area contributed by atoms with Gasteiger partial charge in [0.15, 0.2) is 0 Å². The lowest BCUT2D eigenvalue weighted by molar-refractivity contribution is -0.149. The van der Waals surface area contributed by atoms with Gasteiger partial charge in [0, 0.05) is 16.6 Å². The Kier molecular flexibility index (Phi) is 5.26. The number of halogens is 1. The SMILES string of the molecule is CC(C)(CC(=O)NC(=O)Nc1cccc(Br)c1)C(=O)O. The smallest absolute Gasteiger partial charge is 0.325 e. The van der Waals surface area contributed by atoms with E-state index in [1.54, 1.807) is 24.3 Å². The van der Waals surface area contributed by atoms with Gasteiger partial charge in [0.25, 0.3) is 0 Å². The second-order valence-electron chi connectivity index (χ2n) is 4.88. The van der Waals surface area contributed by atoms with Gasteiger partial charge in [0.1, 0.15) is 0 Å². The van der Waals surface area contributed by atoms with Gasteiger partial charge < -0.3 is 10.4 Å². The lowest BCUT2D eigenvalue weighted by Gasteiger charge is -2.17. The van der Waals surface area contributed by atoms with Crippen molar-refractivity contribution in [1.29, 1.82) is 0 Å². The zero-order valence-electron chi connectivity index (χ0n) is 11.1. The highest BCUT2D eigenvalue weighted by molar-refractivity contribution is 9.10. The van der Waals surface area contributed by atoms with Crippen LogP contribution in [0, 0.1) is 5.41 Å². The van der Waals surface area contributed by atoms with Gasteiger partial charge >= 0.3 is 12.0 Å². The number of carboxylic acid groups (broad SMARTS) is 1. The molecule has 0 atom stereocenters. The van der Waals surface area contributed by atoms with Crippen LogP contribution in [-0.4, -0.2) is 23.0 Å². The fourth-order valence-electron chi connectivity index (χ4n) is 1.38. The Morgan fingerprint density at radius 2 is 1.95 bits per heavy atom. The number of hydrogen-bond acceptors (Lipinski definition) is 3. The van der Waals surface area contributed by atoms with Gasteiger partial charge in [-0.2, -0.15) is 0 Å². The molecule has 0 fully saturated rings. The van der Waals surface area contributed by atoms with E-state index in [-0.39, 0.29) is 6.42 Å². The van der Waals surface area contributed by atoms with Crippen LogP contribution in [0.25, 0.3) is 0 Å². The summed E-state index contributed by atoms with van der Waals surface area (Å²) in [5, 5.41) is 13.5. The Morgan fingerprint density at radius 1 is 1.30 bits per heavy atom. The molecule has 0 saturated heterocycles. The zero-order chi connectivity index (χ0) is 15.3. The average Bonchev–Trinajstić information content (AvgIpc) is 2.26. The standard InChI is InChI=1S/C13H15BrN2O4/c1-13(2,11(18)19)7-10(17)16-12(20)15-9-5-3-4-8(14)6-9/h3-6H,7H2,1-2H3,(H,18,19)(H2,15,16,17,20). The number of carboxylic acids is 1. The van der Waals surface area contributed by atoms with Crippen molar-refractivity contribution in [3.8, 4) is 0 Å². The van der Waals surface area contributed by atoms with E-state index in [0.717, 1.165) is 4.47 Å². The molecule has 3 N–H and O–H groups in total. The molecule has 7 heteroatoms. The molecule has 108 valence electrons. The molecule has 0 unspecified atom stereocenters. The average molecular weight is 343 g/mol. The summed E-state index contributed by atoms with van der Waals surface area (Å²) in [6, 6.07) is 6.16. The van der Waals surface area contributed by atoms with E-state index in [1.165, 1.54) is 13.8 Å². The summed E-state index contributed by atoms with van der Waals surface area (Å²) in [6.45, 7) is 2.84. The summed E-state index contributed by atoms with van der Waals surface area (Å²) < 4.78 is 0.786. The molecule has 0 aliphatic carbocycles. The van der Waals surface area contributed by atoms with Crippen LogP contribution in [0.15, 0.2) is 28.7 Å². The minimum atomic E-state index is -1.22. The van der Waals surface area contributed by atoms with Gasteiger partial charge in [0.2, 0.25) is 5.91 Å². The van der Waals surface area contributed by atoms with Crippen molar-refractivity contribution in [2.75, 3.05) is 5.32 Å². The second-order valence-corrected chi connectivity index (χ2v) is 5.79. The fraction of sp³-hybridized carbons (Fsp3) is 0.308. The highest BCUT2D eigenvalue weighted by atomic mass is 79.9. The van der Waals surface area contributed by atoms with Crippen molar-refractivity contribution in [1.82, 2.24) is 5.32 Å². The van der Waals surface area contributed by atoms with Gasteiger partial charge in [-0.05, 0) is 32.0 Å². The molecule has 0 radical (unpaired) electrons. The van der Waals surface area contributed by atoms with E-state index in [1.807, 2.05) is 0 Å². The van der Waals surface area contributed by atoms with Gasteiger partial charge in [0.05, 0.1) is 5.41 Å². The Bertz CT molecular complexity index is 543. The highest BCUT2D eigenvalue weighted by Gasteiger charge is 2.30. The Labute approximate surface area is 124 Å². The summed E-state index contributed by atoms with van der Waals surface area (Å²) in [6.07, 6.45) is -0.283. The molecule has 1 rings (SSSR count). The number of benzene rings is 1. The van der Waals surface area contributed by atoms with Crippen molar-refractivity contribution >= 4 is 39.5 Å². The van der Waals surface area contributed by atoms with E-state index >= 15 is 0 Å². The van der Waals surface area contributed by atoms with Crippen molar-refractivity contribution in [2.24, 2.45) is 5.41 Å². The molecule has 20 heavy (non-hydrogen) atoms. The van der Waals surface area contributed by atoms with Crippen LogP contribution in [-0.2, 0) is 9.59 Å². The first kappa shape index (κ1) is 16.2.